The van der Waals surface area contributed by atoms with E-state index in [0.29, 0.717) is 0 Å². The van der Waals surface area contributed by atoms with Gasteiger partial charge in [0.1, 0.15) is 29.5 Å². The molecule has 0 amide bonds. The first-order valence-electron chi connectivity index (χ1n) is 7.28. The van der Waals surface area contributed by atoms with Gasteiger partial charge in [0.25, 0.3) is 5.69 Å². The van der Waals surface area contributed by atoms with Crippen molar-refractivity contribution in [1.82, 2.24) is 14.5 Å². The quantitative estimate of drug-likeness (QED) is 0.398. The molecule has 25 heavy (non-hydrogen) atoms. The van der Waals surface area contributed by atoms with Gasteiger partial charge in [0.05, 0.1) is 24.8 Å². The predicted molar refractivity (Wildman–Crippen MR) is 82.4 cm³/mol. The lowest BCUT2D eigenvalue weighted by Gasteiger charge is -2.27. The number of hydrogen-bond acceptors (Lipinski definition) is 10. The average Bonchev–Trinajstić information content (AvgIpc) is 3.05. The Kier molecular flexibility index (Phi) is 4.30. The minimum atomic E-state index is -1.81. The van der Waals surface area contributed by atoms with Crippen molar-refractivity contribution in [2.75, 3.05) is 19.2 Å². The second-order valence-electron chi connectivity index (χ2n) is 5.79. The highest BCUT2D eigenvalue weighted by Gasteiger charge is 2.53. The molecule has 0 bridgehead atoms. The van der Waals surface area contributed by atoms with E-state index in [1.165, 1.54) is 18.6 Å². The zero-order chi connectivity index (χ0) is 18.4. The van der Waals surface area contributed by atoms with Gasteiger partial charge in [0.15, 0.2) is 17.7 Å². The average molecular weight is 355 g/mol. The standard InChI is InChI=1S/C13H17N5O7/c1-13(21)9(20)7(4-19)25-12(13)17-3-6(18(22)23)8-10(16-24-2)14-5-15-11(8)17/h3,5,7,9,12,19-21H,4H2,1-2H3,(H,14,15,16)/t7-,9-,12-,13-/m1/s1. The SMILES string of the molecule is CONc1ncnc2c1c([N+](=O)[O-])cn2[C@@H]1O[C@H](CO)[C@@H](O)[C@@]1(C)O. The van der Waals surface area contributed by atoms with Crippen LogP contribution in [0.3, 0.4) is 0 Å². The van der Waals surface area contributed by atoms with Gasteiger partial charge in [-0.3, -0.25) is 19.5 Å². The summed E-state index contributed by atoms with van der Waals surface area (Å²) in [7, 11) is 1.32. The van der Waals surface area contributed by atoms with Gasteiger partial charge in [0, 0.05) is 0 Å². The number of hydrogen-bond donors (Lipinski definition) is 4. The molecule has 1 aliphatic rings. The Hall–Kier alpha value is -2.38. The Balaban J connectivity index is 2.21. The molecule has 136 valence electrons. The maximum Gasteiger partial charge on any atom is 0.300 e. The Bertz CT molecular complexity index is 807. The summed E-state index contributed by atoms with van der Waals surface area (Å²) < 4.78 is 6.73. The molecule has 12 nitrogen and oxygen atoms in total. The molecule has 0 aromatic carbocycles. The summed E-state index contributed by atoms with van der Waals surface area (Å²) in [5.41, 5.74) is 0.383. The summed E-state index contributed by atoms with van der Waals surface area (Å²) in [6.07, 6.45) is -1.35. The van der Waals surface area contributed by atoms with Crippen molar-refractivity contribution in [3.8, 4) is 0 Å². The van der Waals surface area contributed by atoms with Crippen LogP contribution >= 0.6 is 0 Å². The number of ether oxygens (including phenoxy) is 1. The fraction of sp³-hybridized carbons (Fsp3) is 0.538. The summed E-state index contributed by atoms with van der Waals surface area (Å²) in [6, 6.07) is 0. The summed E-state index contributed by atoms with van der Waals surface area (Å²) in [4.78, 5) is 23.5. The number of aliphatic hydroxyl groups is 3. The molecule has 1 saturated heterocycles. The molecule has 1 fully saturated rings. The van der Waals surface area contributed by atoms with Crippen LogP contribution in [0, 0.1) is 10.1 Å². The topological polar surface area (TPSA) is 165 Å². The fourth-order valence-corrected chi connectivity index (χ4v) is 2.95. The van der Waals surface area contributed by atoms with E-state index in [9.17, 15) is 25.4 Å². The van der Waals surface area contributed by atoms with Crippen molar-refractivity contribution >= 4 is 22.5 Å². The Morgan fingerprint density at radius 2 is 2.28 bits per heavy atom. The molecule has 3 heterocycles. The Labute approximate surface area is 140 Å². The molecule has 0 saturated carbocycles. The van der Waals surface area contributed by atoms with Gasteiger partial charge < -0.3 is 20.1 Å². The van der Waals surface area contributed by atoms with Crippen molar-refractivity contribution in [1.29, 1.82) is 0 Å². The number of nitro groups is 1. The highest BCUT2D eigenvalue weighted by Crippen LogP contribution is 2.42. The zero-order valence-corrected chi connectivity index (χ0v) is 13.4. The van der Waals surface area contributed by atoms with E-state index in [4.69, 9.17) is 9.57 Å². The highest BCUT2D eigenvalue weighted by molar-refractivity contribution is 5.95. The van der Waals surface area contributed by atoms with Crippen molar-refractivity contribution in [2.24, 2.45) is 0 Å². The lowest BCUT2D eigenvalue weighted by Crippen LogP contribution is -2.44. The predicted octanol–water partition coefficient (Wildman–Crippen LogP) is -0.686. The third kappa shape index (κ3) is 2.60. The van der Waals surface area contributed by atoms with Crippen molar-refractivity contribution in [3.05, 3.63) is 22.6 Å². The number of aliphatic hydroxyl groups excluding tert-OH is 2. The molecule has 12 heteroatoms. The maximum atomic E-state index is 11.4. The third-order valence-corrected chi connectivity index (χ3v) is 4.17. The summed E-state index contributed by atoms with van der Waals surface area (Å²) in [5, 5.41) is 41.5. The normalized spacial score (nSPS) is 29.2. The van der Waals surface area contributed by atoms with Crippen LogP contribution in [-0.4, -0.2) is 66.3 Å². The molecule has 1 aliphatic heterocycles. The van der Waals surface area contributed by atoms with Crippen molar-refractivity contribution < 1.29 is 29.8 Å². The zero-order valence-electron chi connectivity index (χ0n) is 13.4. The molecular weight excluding hydrogens is 338 g/mol. The first-order valence-corrected chi connectivity index (χ1v) is 7.28. The smallest absolute Gasteiger partial charge is 0.300 e. The van der Waals surface area contributed by atoms with Gasteiger partial charge in [-0.15, -0.1) is 0 Å². The van der Waals surface area contributed by atoms with Gasteiger partial charge in [-0.1, -0.05) is 0 Å². The first kappa shape index (κ1) is 17.4. The van der Waals surface area contributed by atoms with Crippen LogP contribution in [0.15, 0.2) is 12.5 Å². The van der Waals surface area contributed by atoms with Crippen molar-refractivity contribution in [3.63, 3.8) is 0 Å². The van der Waals surface area contributed by atoms with Crippen LogP contribution in [0.25, 0.3) is 11.0 Å². The van der Waals surface area contributed by atoms with Crippen LogP contribution < -0.4 is 5.48 Å². The number of anilines is 1. The molecular formula is C13H17N5O7. The molecule has 2 aromatic heterocycles. The maximum absolute atomic E-state index is 11.4. The monoisotopic (exact) mass is 355 g/mol. The molecule has 3 rings (SSSR count). The summed E-state index contributed by atoms with van der Waals surface area (Å²) in [6.45, 7) is 0.783. The highest BCUT2D eigenvalue weighted by atomic mass is 16.6. The van der Waals surface area contributed by atoms with Gasteiger partial charge in [-0.25, -0.2) is 15.4 Å². The Morgan fingerprint density at radius 1 is 1.56 bits per heavy atom. The minimum absolute atomic E-state index is 0.0516. The lowest BCUT2D eigenvalue weighted by molar-refractivity contribution is -0.383. The number of fused-ring (bicyclic) bond motifs is 1. The van der Waals surface area contributed by atoms with E-state index >= 15 is 0 Å². The molecule has 2 aromatic rings. The van der Waals surface area contributed by atoms with Crippen LogP contribution in [0.2, 0.25) is 0 Å². The molecule has 0 spiro atoms. The minimum Gasteiger partial charge on any atom is -0.394 e. The van der Waals surface area contributed by atoms with E-state index in [-0.39, 0.29) is 22.5 Å². The molecule has 0 aliphatic carbocycles. The van der Waals surface area contributed by atoms with E-state index in [1.54, 1.807) is 0 Å². The van der Waals surface area contributed by atoms with E-state index in [1.807, 2.05) is 0 Å². The molecule has 4 N–H and O–H groups in total. The Morgan fingerprint density at radius 3 is 2.84 bits per heavy atom. The lowest BCUT2D eigenvalue weighted by atomic mass is 9.96. The number of nitrogens with one attached hydrogen (secondary N) is 1. The van der Waals surface area contributed by atoms with Gasteiger partial charge in [-0.2, -0.15) is 0 Å². The number of rotatable bonds is 5. The second-order valence-corrected chi connectivity index (χ2v) is 5.79. The van der Waals surface area contributed by atoms with Gasteiger partial charge in [-0.05, 0) is 6.92 Å². The second kappa shape index (κ2) is 6.16. The third-order valence-electron chi connectivity index (χ3n) is 4.17. The van der Waals surface area contributed by atoms with Crippen LogP contribution in [0.1, 0.15) is 13.2 Å². The number of nitrogens with zero attached hydrogens (tertiary/aromatic N) is 4. The van der Waals surface area contributed by atoms with E-state index in [2.05, 4.69) is 15.4 Å². The van der Waals surface area contributed by atoms with Crippen LogP contribution in [0.5, 0.6) is 0 Å². The summed E-state index contributed by atoms with van der Waals surface area (Å²) in [5.74, 6) is 0.0647. The fourth-order valence-electron chi connectivity index (χ4n) is 2.95. The van der Waals surface area contributed by atoms with E-state index in [0.717, 1.165) is 12.5 Å². The van der Waals surface area contributed by atoms with Gasteiger partial charge in [0.2, 0.25) is 0 Å². The van der Waals surface area contributed by atoms with Crippen molar-refractivity contribution in [2.45, 2.75) is 31.0 Å². The first-order chi connectivity index (χ1) is 11.8. The van der Waals surface area contributed by atoms with Crippen LogP contribution in [0.4, 0.5) is 11.5 Å². The molecule has 4 atom stereocenters. The van der Waals surface area contributed by atoms with E-state index < -0.39 is 35.6 Å². The molecule has 0 radical (unpaired) electrons. The van der Waals surface area contributed by atoms with Crippen LogP contribution in [-0.2, 0) is 9.57 Å². The number of aromatic nitrogens is 3. The largest absolute Gasteiger partial charge is 0.394 e. The summed E-state index contributed by atoms with van der Waals surface area (Å²) >= 11 is 0. The van der Waals surface area contributed by atoms with Gasteiger partial charge >= 0.3 is 0 Å². The molecule has 0 unspecified atom stereocenters.